The number of fused-ring (bicyclic) bond motifs is 5. The summed E-state index contributed by atoms with van der Waals surface area (Å²) in [5, 5.41) is 0. The quantitative estimate of drug-likeness (QED) is 0.667. The van der Waals surface area contributed by atoms with Crippen molar-refractivity contribution in [3.8, 4) is 0 Å². The Bertz CT molecular complexity index is 833. The van der Waals surface area contributed by atoms with Crippen LogP contribution in [-0.4, -0.2) is 35.5 Å². The molecule has 0 spiro atoms. The zero-order valence-corrected chi connectivity index (χ0v) is 17.8. The van der Waals surface area contributed by atoms with E-state index in [0.29, 0.717) is 30.5 Å². The van der Waals surface area contributed by atoms with Crippen molar-refractivity contribution >= 4 is 17.5 Å². The van der Waals surface area contributed by atoms with Gasteiger partial charge in [0.1, 0.15) is 5.78 Å². The second-order valence-electron chi connectivity index (χ2n) is 10.5. The molecule has 0 N–H and O–H groups in total. The number of ketones is 2. The molecule has 1 heterocycles. The van der Waals surface area contributed by atoms with Gasteiger partial charge in [0, 0.05) is 42.8 Å². The second kappa shape index (κ2) is 6.65. The molecule has 5 rings (SSSR count). The van der Waals surface area contributed by atoms with Crippen LogP contribution < -0.4 is 0 Å². The standard InChI is InChI=1S/C25H33NO3/c1-24-11-10-17(27)14-16(24)6-7-18-20-8-9-21(28)25(20,2)15-19(22(18)24)23(29)26-12-4-3-5-13-26/h14-15,18,20,22H,3-13H2,1-2H3/t18-,20-,22+,24-,25-/m0/s1. The fourth-order valence-electron chi connectivity index (χ4n) is 7.45. The molecule has 0 radical (unpaired) electrons. The number of Topliss-reactive ketones (excluding diaryl/α,β-unsaturated/α-hetero) is 1. The smallest absolute Gasteiger partial charge is 0.249 e. The SMILES string of the molecule is C[C@]12CCC(=O)C=C1CC[C@@H]1[C@@H]2C(C(=O)N2CCCCC2)=C[C@]2(C)C(=O)CC[C@@H]12. The van der Waals surface area contributed by atoms with Gasteiger partial charge in [-0.05, 0) is 75.2 Å². The van der Waals surface area contributed by atoms with Crippen molar-refractivity contribution < 1.29 is 14.4 Å². The van der Waals surface area contributed by atoms with Gasteiger partial charge >= 0.3 is 0 Å². The molecule has 4 heteroatoms. The van der Waals surface area contributed by atoms with Crippen molar-refractivity contribution in [2.45, 2.75) is 71.6 Å². The minimum Gasteiger partial charge on any atom is -0.339 e. The lowest BCUT2D eigenvalue weighted by Crippen LogP contribution is -2.53. The summed E-state index contributed by atoms with van der Waals surface area (Å²) in [5.41, 5.74) is 1.54. The van der Waals surface area contributed by atoms with Crippen LogP contribution in [0.4, 0.5) is 0 Å². The fraction of sp³-hybridized carbons (Fsp3) is 0.720. The molecule has 0 unspecified atom stereocenters. The van der Waals surface area contributed by atoms with Gasteiger partial charge in [0.15, 0.2) is 5.78 Å². The van der Waals surface area contributed by atoms with E-state index < -0.39 is 5.41 Å². The van der Waals surface area contributed by atoms with Crippen molar-refractivity contribution in [1.82, 2.24) is 4.90 Å². The van der Waals surface area contributed by atoms with Crippen LogP contribution in [0.25, 0.3) is 0 Å². The minimum absolute atomic E-state index is 0.124. The highest BCUT2D eigenvalue weighted by Gasteiger charge is 2.60. The first-order valence-electron chi connectivity index (χ1n) is 11.6. The summed E-state index contributed by atoms with van der Waals surface area (Å²) in [6.07, 6.45) is 12.3. The maximum Gasteiger partial charge on any atom is 0.249 e. The van der Waals surface area contributed by atoms with Crippen LogP contribution in [0.1, 0.15) is 71.6 Å². The van der Waals surface area contributed by atoms with Crippen LogP contribution in [0.5, 0.6) is 0 Å². The Kier molecular flexibility index (Phi) is 4.42. The van der Waals surface area contributed by atoms with Gasteiger partial charge < -0.3 is 4.90 Å². The van der Waals surface area contributed by atoms with Crippen LogP contribution in [-0.2, 0) is 14.4 Å². The zero-order valence-electron chi connectivity index (χ0n) is 17.8. The molecule has 0 aromatic carbocycles. The normalized spacial score (nSPS) is 41.9. The molecule has 156 valence electrons. The number of rotatable bonds is 1. The summed E-state index contributed by atoms with van der Waals surface area (Å²) >= 11 is 0. The van der Waals surface area contributed by atoms with Crippen LogP contribution >= 0.6 is 0 Å². The van der Waals surface area contributed by atoms with Gasteiger partial charge in [-0.3, -0.25) is 14.4 Å². The second-order valence-corrected chi connectivity index (χ2v) is 10.5. The largest absolute Gasteiger partial charge is 0.339 e. The molecule has 1 aliphatic heterocycles. The summed E-state index contributed by atoms with van der Waals surface area (Å²) in [4.78, 5) is 40.9. The molecule has 0 aromatic heterocycles. The van der Waals surface area contributed by atoms with E-state index >= 15 is 0 Å². The van der Waals surface area contributed by atoms with Crippen molar-refractivity contribution in [3.63, 3.8) is 0 Å². The Balaban J connectivity index is 1.63. The molecule has 3 fully saturated rings. The molecule has 5 aliphatic rings. The molecule has 0 bridgehead atoms. The Labute approximate surface area is 173 Å². The lowest BCUT2D eigenvalue weighted by Gasteiger charge is -2.56. The highest BCUT2D eigenvalue weighted by atomic mass is 16.2. The van der Waals surface area contributed by atoms with E-state index in [0.717, 1.165) is 57.2 Å². The predicted octanol–water partition coefficient (Wildman–Crippen LogP) is 4.25. The average molecular weight is 396 g/mol. The van der Waals surface area contributed by atoms with Crippen molar-refractivity contribution in [2.75, 3.05) is 13.1 Å². The Morgan fingerprint density at radius 3 is 2.55 bits per heavy atom. The van der Waals surface area contributed by atoms with E-state index in [-0.39, 0.29) is 23.0 Å². The summed E-state index contributed by atoms with van der Waals surface area (Å²) in [6.45, 7) is 6.04. The van der Waals surface area contributed by atoms with E-state index in [1.54, 1.807) is 0 Å². The molecular weight excluding hydrogens is 362 g/mol. The molecule has 4 nitrogen and oxygen atoms in total. The molecule has 1 saturated heterocycles. The molecule has 4 aliphatic carbocycles. The van der Waals surface area contributed by atoms with Crippen LogP contribution in [0.3, 0.4) is 0 Å². The molecule has 29 heavy (non-hydrogen) atoms. The first-order chi connectivity index (χ1) is 13.8. The predicted molar refractivity (Wildman–Crippen MR) is 111 cm³/mol. The summed E-state index contributed by atoms with van der Waals surface area (Å²) in [5.74, 6) is 1.58. The zero-order chi connectivity index (χ0) is 20.4. The first kappa shape index (κ1) is 19.3. The maximum atomic E-state index is 13.8. The van der Waals surface area contributed by atoms with Gasteiger partial charge in [-0.1, -0.05) is 18.6 Å². The third-order valence-electron chi connectivity index (χ3n) is 9.07. The van der Waals surface area contributed by atoms with E-state index in [9.17, 15) is 14.4 Å². The van der Waals surface area contributed by atoms with Gasteiger partial charge in [0.25, 0.3) is 0 Å². The maximum absolute atomic E-state index is 13.8. The van der Waals surface area contributed by atoms with Crippen LogP contribution in [0.2, 0.25) is 0 Å². The Morgan fingerprint density at radius 1 is 1.03 bits per heavy atom. The van der Waals surface area contributed by atoms with E-state index in [1.807, 2.05) is 11.0 Å². The van der Waals surface area contributed by atoms with Gasteiger partial charge in [-0.25, -0.2) is 0 Å². The monoisotopic (exact) mass is 395 g/mol. The molecule has 5 atom stereocenters. The number of hydrogen-bond donors (Lipinski definition) is 0. The van der Waals surface area contributed by atoms with Crippen LogP contribution in [0.15, 0.2) is 23.3 Å². The molecule has 2 saturated carbocycles. The Morgan fingerprint density at radius 2 is 1.79 bits per heavy atom. The van der Waals surface area contributed by atoms with Crippen molar-refractivity contribution in [2.24, 2.45) is 28.6 Å². The number of hydrogen-bond acceptors (Lipinski definition) is 3. The minimum atomic E-state index is -0.482. The molecular formula is C25H33NO3. The summed E-state index contributed by atoms with van der Waals surface area (Å²) < 4.78 is 0. The number of likely N-dealkylation sites (tertiary alicyclic amines) is 1. The number of carbonyl (C=O) groups excluding carboxylic acids is 3. The summed E-state index contributed by atoms with van der Waals surface area (Å²) in [6, 6.07) is 0. The lowest BCUT2D eigenvalue weighted by atomic mass is 9.47. The van der Waals surface area contributed by atoms with E-state index in [1.165, 1.54) is 12.0 Å². The Hall–Kier alpha value is -1.71. The van der Waals surface area contributed by atoms with Gasteiger partial charge in [0.2, 0.25) is 5.91 Å². The third-order valence-corrected chi connectivity index (χ3v) is 9.07. The van der Waals surface area contributed by atoms with Gasteiger partial charge in [-0.2, -0.15) is 0 Å². The lowest BCUT2D eigenvalue weighted by molar-refractivity contribution is -0.131. The summed E-state index contributed by atoms with van der Waals surface area (Å²) in [7, 11) is 0. The average Bonchev–Trinajstić information content (AvgIpc) is 3.02. The number of piperidine rings is 1. The van der Waals surface area contributed by atoms with E-state index in [4.69, 9.17) is 0 Å². The third kappa shape index (κ3) is 2.74. The number of amides is 1. The van der Waals surface area contributed by atoms with Gasteiger partial charge in [-0.15, -0.1) is 0 Å². The highest BCUT2D eigenvalue weighted by Crippen LogP contribution is 2.64. The first-order valence-corrected chi connectivity index (χ1v) is 11.6. The number of allylic oxidation sites excluding steroid dienone is 3. The number of carbonyl (C=O) groups is 3. The van der Waals surface area contributed by atoms with Crippen molar-refractivity contribution in [3.05, 3.63) is 23.3 Å². The fourth-order valence-corrected chi connectivity index (χ4v) is 7.45. The highest BCUT2D eigenvalue weighted by molar-refractivity contribution is 5.98. The van der Waals surface area contributed by atoms with Crippen LogP contribution in [0, 0.1) is 28.6 Å². The van der Waals surface area contributed by atoms with Crippen molar-refractivity contribution in [1.29, 1.82) is 0 Å². The number of nitrogens with zero attached hydrogens (tertiary/aromatic N) is 1. The topological polar surface area (TPSA) is 54.5 Å². The van der Waals surface area contributed by atoms with Gasteiger partial charge in [0.05, 0.1) is 0 Å². The van der Waals surface area contributed by atoms with E-state index in [2.05, 4.69) is 19.9 Å². The molecule has 0 aromatic rings. The molecule has 1 amide bonds.